The standard InChI is InChI=1S/C10H16N4O/c11-9-2-6-14(10(9)15)5-1-4-13-7-3-12-8-13/h3,7-9H,1-2,4-6,11H2. The van der Waals surface area contributed by atoms with E-state index >= 15 is 0 Å². The average Bonchev–Trinajstić information content (AvgIpc) is 2.83. The number of rotatable bonds is 4. The molecule has 2 rings (SSSR count). The fourth-order valence-corrected chi connectivity index (χ4v) is 1.85. The van der Waals surface area contributed by atoms with E-state index in [-0.39, 0.29) is 11.9 Å². The molecule has 0 radical (unpaired) electrons. The van der Waals surface area contributed by atoms with Crippen LogP contribution in [0.5, 0.6) is 0 Å². The van der Waals surface area contributed by atoms with Gasteiger partial charge in [0.1, 0.15) is 0 Å². The van der Waals surface area contributed by atoms with Gasteiger partial charge in [-0.1, -0.05) is 0 Å². The number of aryl methyl sites for hydroxylation is 1. The maximum Gasteiger partial charge on any atom is 0.239 e. The predicted molar refractivity (Wildman–Crippen MR) is 56.0 cm³/mol. The first-order valence-electron chi connectivity index (χ1n) is 5.27. The van der Waals surface area contributed by atoms with E-state index in [0.29, 0.717) is 0 Å². The highest BCUT2D eigenvalue weighted by Crippen LogP contribution is 2.09. The van der Waals surface area contributed by atoms with Crippen molar-refractivity contribution in [1.29, 1.82) is 0 Å². The zero-order valence-electron chi connectivity index (χ0n) is 8.67. The Labute approximate surface area is 88.9 Å². The van der Waals surface area contributed by atoms with Crippen LogP contribution in [0.1, 0.15) is 12.8 Å². The monoisotopic (exact) mass is 208 g/mol. The smallest absolute Gasteiger partial charge is 0.239 e. The first kappa shape index (κ1) is 10.2. The number of imidazole rings is 1. The number of hydrogen-bond acceptors (Lipinski definition) is 3. The number of likely N-dealkylation sites (tertiary alicyclic amines) is 1. The summed E-state index contributed by atoms with van der Waals surface area (Å²) in [6, 6.07) is -0.266. The Morgan fingerprint density at radius 2 is 2.40 bits per heavy atom. The predicted octanol–water partition coefficient (Wildman–Crippen LogP) is -0.167. The molecule has 1 aromatic rings. The number of carbonyl (C=O) groups is 1. The molecule has 2 heterocycles. The van der Waals surface area contributed by atoms with Crippen molar-refractivity contribution in [2.45, 2.75) is 25.4 Å². The van der Waals surface area contributed by atoms with E-state index in [1.165, 1.54) is 0 Å². The molecule has 0 bridgehead atoms. The molecule has 1 amide bonds. The van der Waals surface area contributed by atoms with Gasteiger partial charge in [0.25, 0.3) is 0 Å². The third kappa shape index (κ3) is 2.36. The molecule has 5 nitrogen and oxygen atoms in total. The van der Waals surface area contributed by atoms with Crippen molar-refractivity contribution in [1.82, 2.24) is 14.5 Å². The molecule has 0 aliphatic carbocycles. The Balaban J connectivity index is 1.73. The fourth-order valence-electron chi connectivity index (χ4n) is 1.85. The molecule has 1 aliphatic heterocycles. The molecule has 1 unspecified atom stereocenters. The molecule has 1 aliphatic rings. The minimum Gasteiger partial charge on any atom is -0.341 e. The Hall–Kier alpha value is -1.36. The number of amides is 1. The average molecular weight is 208 g/mol. The SMILES string of the molecule is NC1CCN(CCCn2ccnc2)C1=O. The summed E-state index contributed by atoms with van der Waals surface area (Å²) in [4.78, 5) is 17.3. The van der Waals surface area contributed by atoms with Crippen molar-refractivity contribution in [2.75, 3.05) is 13.1 Å². The summed E-state index contributed by atoms with van der Waals surface area (Å²) in [6.07, 6.45) is 7.23. The Kier molecular flexibility index (Phi) is 3.01. The molecule has 5 heteroatoms. The van der Waals surface area contributed by atoms with Gasteiger partial charge in [0.05, 0.1) is 12.4 Å². The second-order valence-electron chi connectivity index (χ2n) is 3.87. The molecule has 15 heavy (non-hydrogen) atoms. The van der Waals surface area contributed by atoms with E-state index < -0.39 is 0 Å². The lowest BCUT2D eigenvalue weighted by Gasteiger charge is -2.15. The summed E-state index contributed by atoms with van der Waals surface area (Å²) in [5, 5.41) is 0. The maximum absolute atomic E-state index is 11.5. The van der Waals surface area contributed by atoms with E-state index in [4.69, 9.17) is 5.73 Å². The molecule has 0 saturated carbocycles. The Morgan fingerprint density at radius 1 is 1.53 bits per heavy atom. The molecule has 1 saturated heterocycles. The molecule has 1 atom stereocenters. The van der Waals surface area contributed by atoms with Crippen molar-refractivity contribution in [2.24, 2.45) is 5.73 Å². The minimum atomic E-state index is -0.266. The number of aromatic nitrogens is 2. The van der Waals surface area contributed by atoms with Crippen molar-refractivity contribution >= 4 is 5.91 Å². The number of nitrogens with zero attached hydrogens (tertiary/aromatic N) is 3. The first-order valence-corrected chi connectivity index (χ1v) is 5.27. The van der Waals surface area contributed by atoms with Gasteiger partial charge in [-0.2, -0.15) is 0 Å². The van der Waals surface area contributed by atoms with Gasteiger partial charge >= 0.3 is 0 Å². The van der Waals surface area contributed by atoms with Crippen LogP contribution in [0.4, 0.5) is 0 Å². The van der Waals surface area contributed by atoms with Gasteiger partial charge in [-0.15, -0.1) is 0 Å². The molecule has 1 fully saturated rings. The van der Waals surface area contributed by atoms with Crippen molar-refractivity contribution in [3.63, 3.8) is 0 Å². The van der Waals surface area contributed by atoms with Crippen LogP contribution in [-0.4, -0.2) is 39.5 Å². The van der Waals surface area contributed by atoms with Gasteiger partial charge in [0.2, 0.25) is 5.91 Å². The van der Waals surface area contributed by atoms with Crippen LogP contribution in [0, 0.1) is 0 Å². The van der Waals surface area contributed by atoms with Gasteiger partial charge < -0.3 is 15.2 Å². The van der Waals surface area contributed by atoms with Crippen LogP contribution >= 0.6 is 0 Å². The van der Waals surface area contributed by atoms with Crippen LogP contribution < -0.4 is 5.73 Å². The quantitative estimate of drug-likeness (QED) is 0.747. The zero-order valence-corrected chi connectivity index (χ0v) is 8.67. The summed E-state index contributed by atoms with van der Waals surface area (Å²) >= 11 is 0. The Morgan fingerprint density at radius 3 is 3.00 bits per heavy atom. The van der Waals surface area contributed by atoms with Crippen LogP contribution in [0.15, 0.2) is 18.7 Å². The van der Waals surface area contributed by atoms with Crippen LogP contribution in [0.3, 0.4) is 0 Å². The van der Waals surface area contributed by atoms with Crippen molar-refractivity contribution in [3.8, 4) is 0 Å². The lowest BCUT2D eigenvalue weighted by Crippen LogP contribution is -2.34. The van der Waals surface area contributed by atoms with E-state index in [2.05, 4.69) is 4.98 Å². The second kappa shape index (κ2) is 4.44. The summed E-state index contributed by atoms with van der Waals surface area (Å²) < 4.78 is 2.01. The summed E-state index contributed by atoms with van der Waals surface area (Å²) in [5.74, 6) is 0.0978. The molecule has 0 aromatic carbocycles. The number of hydrogen-bond donors (Lipinski definition) is 1. The summed E-state index contributed by atoms with van der Waals surface area (Å²) in [6.45, 7) is 2.51. The maximum atomic E-state index is 11.5. The van der Waals surface area contributed by atoms with Crippen LogP contribution in [-0.2, 0) is 11.3 Å². The summed E-state index contributed by atoms with van der Waals surface area (Å²) in [5.41, 5.74) is 5.63. The topological polar surface area (TPSA) is 64.2 Å². The molecule has 1 aromatic heterocycles. The van der Waals surface area contributed by atoms with E-state index in [1.54, 1.807) is 12.5 Å². The Bertz CT molecular complexity index is 322. The van der Waals surface area contributed by atoms with Gasteiger partial charge in [-0.3, -0.25) is 4.79 Å². The molecule has 82 valence electrons. The highest BCUT2D eigenvalue weighted by molar-refractivity contribution is 5.83. The van der Waals surface area contributed by atoms with E-state index in [9.17, 15) is 4.79 Å². The normalized spacial score (nSPS) is 21.3. The lowest BCUT2D eigenvalue weighted by atomic mass is 10.3. The lowest BCUT2D eigenvalue weighted by molar-refractivity contribution is -0.128. The van der Waals surface area contributed by atoms with Crippen LogP contribution in [0.2, 0.25) is 0 Å². The highest BCUT2D eigenvalue weighted by atomic mass is 16.2. The molecule has 0 spiro atoms. The second-order valence-corrected chi connectivity index (χ2v) is 3.87. The summed E-state index contributed by atoms with van der Waals surface area (Å²) in [7, 11) is 0. The minimum absolute atomic E-state index is 0.0978. The van der Waals surface area contributed by atoms with Gasteiger partial charge in [-0.25, -0.2) is 4.98 Å². The van der Waals surface area contributed by atoms with E-state index in [1.807, 2.05) is 15.7 Å². The largest absolute Gasteiger partial charge is 0.341 e. The van der Waals surface area contributed by atoms with Crippen LogP contribution in [0.25, 0.3) is 0 Å². The van der Waals surface area contributed by atoms with Gasteiger partial charge in [0.15, 0.2) is 0 Å². The molecular weight excluding hydrogens is 192 g/mol. The van der Waals surface area contributed by atoms with E-state index in [0.717, 1.165) is 32.5 Å². The van der Waals surface area contributed by atoms with Gasteiger partial charge in [0, 0.05) is 32.0 Å². The third-order valence-corrected chi connectivity index (χ3v) is 2.74. The molecule has 2 N–H and O–H groups in total. The highest BCUT2D eigenvalue weighted by Gasteiger charge is 2.27. The van der Waals surface area contributed by atoms with Gasteiger partial charge in [-0.05, 0) is 12.8 Å². The first-order chi connectivity index (χ1) is 7.27. The fraction of sp³-hybridized carbons (Fsp3) is 0.600. The third-order valence-electron chi connectivity index (χ3n) is 2.74. The van der Waals surface area contributed by atoms with Crippen molar-refractivity contribution in [3.05, 3.63) is 18.7 Å². The molecular formula is C10H16N4O. The zero-order chi connectivity index (χ0) is 10.7. The number of nitrogens with two attached hydrogens (primary N) is 1. The van der Waals surface area contributed by atoms with Crippen molar-refractivity contribution < 1.29 is 4.79 Å². The number of carbonyl (C=O) groups excluding carboxylic acids is 1.